The van der Waals surface area contributed by atoms with Gasteiger partial charge in [0, 0.05) is 17.8 Å². The lowest BCUT2D eigenvalue weighted by molar-refractivity contribution is -0.141. The quantitative estimate of drug-likeness (QED) is 0.305. The van der Waals surface area contributed by atoms with E-state index in [1.54, 1.807) is 30.3 Å². The second-order valence-corrected chi connectivity index (χ2v) is 9.59. The number of likely N-dealkylation sites (tertiary alicyclic amines) is 1. The first kappa shape index (κ1) is 27.1. The second kappa shape index (κ2) is 11.3. The predicted molar refractivity (Wildman–Crippen MR) is 143 cm³/mol. The molecule has 2 unspecified atom stereocenters. The average Bonchev–Trinajstić information content (AvgIpc) is 3.65. The number of alkyl halides is 3. The van der Waals surface area contributed by atoms with Crippen molar-refractivity contribution in [1.29, 1.82) is 5.26 Å². The van der Waals surface area contributed by atoms with E-state index in [0.717, 1.165) is 30.5 Å². The number of nitrogens with zero attached hydrogens (tertiary/aromatic N) is 4. The molecule has 1 amide bonds. The first-order valence-electron chi connectivity index (χ1n) is 12.8. The maximum atomic E-state index is 13.8. The van der Waals surface area contributed by atoms with Gasteiger partial charge in [-0.1, -0.05) is 48.5 Å². The third kappa shape index (κ3) is 5.47. The fraction of sp³-hybridized carbons (Fsp3) is 0.233. The van der Waals surface area contributed by atoms with Crippen molar-refractivity contribution >= 4 is 17.3 Å². The fourth-order valence-corrected chi connectivity index (χ4v) is 5.23. The van der Waals surface area contributed by atoms with Crippen molar-refractivity contribution in [2.24, 2.45) is 0 Å². The summed E-state index contributed by atoms with van der Waals surface area (Å²) >= 11 is 0. The van der Waals surface area contributed by atoms with E-state index in [4.69, 9.17) is 0 Å². The van der Waals surface area contributed by atoms with E-state index in [-0.39, 0.29) is 29.9 Å². The highest BCUT2D eigenvalue weighted by atomic mass is 19.4. The third-order valence-electron chi connectivity index (χ3n) is 7.06. The van der Waals surface area contributed by atoms with Gasteiger partial charge in [0.25, 0.3) is 5.91 Å². The number of carbonyl (C=O) groups excluding carboxylic acids is 1. The Kier molecular flexibility index (Phi) is 7.69. The molecule has 1 aliphatic rings. The molecule has 2 N–H and O–H groups in total. The van der Waals surface area contributed by atoms with Crippen molar-refractivity contribution in [2.45, 2.75) is 31.1 Å². The Bertz CT molecular complexity index is 1530. The minimum atomic E-state index is -4.72. The van der Waals surface area contributed by atoms with Crippen LogP contribution in [0.4, 0.5) is 24.5 Å². The van der Waals surface area contributed by atoms with E-state index in [0.29, 0.717) is 17.4 Å². The van der Waals surface area contributed by atoms with Crippen LogP contribution in [0.1, 0.15) is 51.8 Å². The van der Waals surface area contributed by atoms with Crippen molar-refractivity contribution in [2.75, 3.05) is 18.1 Å². The lowest BCUT2D eigenvalue weighted by Crippen LogP contribution is -2.36. The SMILES string of the molecule is N#Cc1cccc(N(C(=O)c2cc(C(F)(F)F)n[nH]2)c2cccc(C(c3ccccc3)N3CCCC3CO)c2)c1. The van der Waals surface area contributed by atoms with Gasteiger partial charge in [0.05, 0.1) is 30.0 Å². The van der Waals surface area contributed by atoms with Gasteiger partial charge >= 0.3 is 6.18 Å². The normalized spacial score (nSPS) is 16.4. The number of amides is 1. The minimum Gasteiger partial charge on any atom is -0.395 e. The molecule has 1 aromatic heterocycles. The van der Waals surface area contributed by atoms with Crippen molar-refractivity contribution in [3.05, 3.63) is 113 Å². The van der Waals surface area contributed by atoms with Crippen LogP contribution in [0.15, 0.2) is 84.9 Å². The molecule has 40 heavy (non-hydrogen) atoms. The summed E-state index contributed by atoms with van der Waals surface area (Å²) in [5, 5.41) is 25.0. The van der Waals surface area contributed by atoms with Crippen LogP contribution in [0.25, 0.3) is 0 Å². The number of nitrogens with one attached hydrogen (secondary N) is 1. The Morgan fingerprint density at radius 3 is 2.42 bits per heavy atom. The van der Waals surface area contributed by atoms with E-state index in [1.807, 2.05) is 48.5 Å². The van der Waals surface area contributed by atoms with E-state index in [1.165, 1.54) is 11.0 Å². The van der Waals surface area contributed by atoms with Crippen LogP contribution in [0.5, 0.6) is 0 Å². The van der Waals surface area contributed by atoms with Crippen molar-refractivity contribution in [3.8, 4) is 6.07 Å². The number of aromatic nitrogens is 2. The van der Waals surface area contributed by atoms with Gasteiger partial charge in [-0.15, -0.1) is 0 Å². The number of rotatable bonds is 7. The maximum absolute atomic E-state index is 13.8. The van der Waals surface area contributed by atoms with Crippen molar-refractivity contribution in [3.63, 3.8) is 0 Å². The molecule has 7 nitrogen and oxygen atoms in total. The molecule has 2 atom stereocenters. The molecule has 0 aliphatic carbocycles. The summed E-state index contributed by atoms with van der Waals surface area (Å²) in [4.78, 5) is 17.3. The topological polar surface area (TPSA) is 96.2 Å². The summed E-state index contributed by atoms with van der Waals surface area (Å²) in [7, 11) is 0. The summed E-state index contributed by atoms with van der Waals surface area (Å²) in [6.45, 7) is 0.784. The first-order valence-corrected chi connectivity index (χ1v) is 12.8. The molecule has 5 rings (SSSR count). The van der Waals surface area contributed by atoms with E-state index in [2.05, 4.69) is 15.1 Å². The number of hydrogen-bond acceptors (Lipinski definition) is 5. The minimum absolute atomic E-state index is 0.00987. The average molecular weight is 546 g/mol. The summed E-state index contributed by atoms with van der Waals surface area (Å²) in [6.07, 6.45) is -2.93. The number of anilines is 2. The van der Waals surface area contributed by atoms with Crippen molar-refractivity contribution < 1.29 is 23.1 Å². The number of nitriles is 1. The Morgan fingerprint density at radius 2 is 1.75 bits per heavy atom. The molecule has 0 bridgehead atoms. The number of benzene rings is 3. The third-order valence-corrected chi connectivity index (χ3v) is 7.06. The molecule has 204 valence electrons. The van der Waals surface area contributed by atoms with Gasteiger partial charge in [0.1, 0.15) is 5.69 Å². The number of aliphatic hydroxyl groups excluding tert-OH is 1. The van der Waals surface area contributed by atoms with Gasteiger partial charge in [0.15, 0.2) is 5.69 Å². The van der Waals surface area contributed by atoms with Gasteiger partial charge in [-0.05, 0) is 60.8 Å². The number of hydrogen-bond donors (Lipinski definition) is 2. The Morgan fingerprint density at radius 1 is 1.05 bits per heavy atom. The van der Waals surface area contributed by atoms with Crippen molar-refractivity contribution in [1.82, 2.24) is 15.1 Å². The van der Waals surface area contributed by atoms with Crippen LogP contribution < -0.4 is 4.90 Å². The number of aliphatic hydroxyl groups is 1. The smallest absolute Gasteiger partial charge is 0.395 e. The maximum Gasteiger partial charge on any atom is 0.435 e. The molecule has 3 aromatic carbocycles. The molecule has 0 radical (unpaired) electrons. The lowest BCUT2D eigenvalue weighted by Gasteiger charge is -2.34. The Hall–Kier alpha value is -4.46. The second-order valence-electron chi connectivity index (χ2n) is 9.59. The molecule has 1 fully saturated rings. The van der Waals surface area contributed by atoms with Crippen LogP contribution in [-0.2, 0) is 6.18 Å². The van der Waals surface area contributed by atoms with Gasteiger partial charge in [-0.3, -0.25) is 19.7 Å². The zero-order valence-corrected chi connectivity index (χ0v) is 21.3. The fourth-order valence-electron chi connectivity index (χ4n) is 5.23. The lowest BCUT2D eigenvalue weighted by atomic mass is 9.95. The zero-order chi connectivity index (χ0) is 28.3. The number of halogens is 3. The molecule has 1 aliphatic heterocycles. The summed E-state index contributed by atoms with van der Waals surface area (Å²) in [5.41, 5.74) is 1.31. The molecule has 0 spiro atoms. The highest BCUT2D eigenvalue weighted by molar-refractivity contribution is 6.10. The van der Waals surface area contributed by atoms with Crippen LogP contribution in [0.3, 0.4) is 0 Å². The monoisotopic (exact) mass is 545 g/mol. The Labute approximate surface area is 229 Å². The van der Waals surface area contributed by atoms with Crippen LogP contribution in [0, 0.1) is 11.3 Å². The summed E-state index contributed by atoms with van der Waals surface area (Å²) in [5.74, 6) is -0.763. The molecular weight excluding hydrogens is 519 g/mol. The molecular formula is C30H26F3N5O2. The van der Waals surface area contributed by atoms with Crippen LogP contribution >= 0.6 is 0 Å². The number of aromatic amines is 1. The van der Waals surface area contributed by atoms with Gasteiger partial charge in [-0.25, -0.2) is 0 Å². The summed E-state index contributed by atoms with van der Waals surface area (Å²) < 4.78 is 39.8. The zero-order valence-electron chi connectivity index (χ0n) is 21.3. The highest BCUT2D eigenvalue weighted by Crippen LogP contribution is 2.38. The van der Waals surface area contributed by atoms with E-state index >= 15 is 0 Å². The standard InChI is InChI=1S/C30H26F3N5O2/c31-30(32,33)27-17-26(35-36-27)29(40)38(23-11-4-7-20(15-23)18-34)24-12-5-10-22(16-24)28(21-8-2-1-3-9-21)37-14-6-13-25(37)19-39/h1-5,7-12,15-17,25,28,39H,6,13-14,19H2,(H,35,36). The molecule has 4 aromatic rings. The van der Waals surface area contributed by atoms with Crippen LogP contribution in [-0.4, -0.2) is 45.3 Å². The van der Waals surface area contributed by atoms with Crippen LogP contribution in [0.2, 0.25) is 0 Å². The molecule has 1 saturated heterocycles. The van der Waals surface area contributed by atoms with Gasteiger partial charge < -0.3 is 5.11 Å². The molecule has 10 heteroatoms. The number of carbonyl (C=O) groups is 1. The highest BCUT2D eigenvalue weighted by Gasteiger charge is 2.36. The molecule has 0 saturated carbocycles. The van der Waals surface area contributed by atoms with E-state index < -0.39 is 17.8 Å². The van der Waals surface area contributed by atoms with E-state index in [9.17, 15) is 28.3 Å². The predicted octanol–water partition coefficient (Wildman–Crippen LogP) is 5.82. The molecule has 2 heterocycles. The van der Waals surface area contributed by atoms with Gasteiger partial charge in [-0.2, -0.15) is 23.5 Å². The summed E-state index contributed by atoms with van der Waals surface area (Å²) in [6, 6.07) is 25.8. The Balaban J connectivity index is 1.62. The van der Waals surface area contributed by atoms with Gasteiger partial charge in [0.2, 0.25) is 0 Å². The largest absolute Gasteiger partial charge is 0.435 e. The first-order chi connectivity index (χ1) is 19.3. The number of H-pyrrole nitrogens is 1.